The van der Waals surface area contributed by atoms with E-state index in [1.165, 1.54) is 0 Å². The van der Waals surface area contributed by atoms with Crippen molar-refractivity contribution in [3.8, 4) is 17.5 Å². The number of pyridine rings is 1. The van der Waals surface area contributed by atoms with Gasteiger partial charge < -0.3 is 5.32 Å². The fourth-order valence-electron chi connectivity index (χ4n) is 2.98. The number of aromatic nitrogens is 3. The first kappa shape index (κ1) is 16.7. The molecule has 1 unspecified atom stereocenters. The smallest absolute Gasteiger partial charge is 0.163 e. The Morgan fingerprint density at radius 3 is 2.70 bits per heavy atom. The third-order valence-electron chi connectivity index (χ3n) is 4.39. The first-order valence-corrected chi connectivity index (χ1v) is 8.68. The monoisotopic (exact) mass is 351 g/mol. The number of benzene rings is 2. The van der Waals surface area contributed by atoms with Crippen molar-refractivity contribution in [2.45, 2.75) is 13.0 Å². The van der Waals surface area contributed by atoms with Crippen molar-refractivity contribution in [3.05, 3.63) is 84.2 Å². The van der Waals surface area contributed by atoms with Crippen LogP contribution in [0.25, 0.3) is 22.3 Å². The van der Waals surface area contributed by atoms with Gasteiger partial charge in [0.15, 0.2) is 5.82 Å². The maximum atomic E-state index is 9.14. The number of anilines is 1. The number of para-hydroxylation sites is 1. The van der Waals surface area contributed by atoms with Gasteiger partial charge in [-0.3, -0.25) is 4.98 Å². The zero-order valence-corrected chi connectivity index (χ0v) is 14.8. The van der Waals surface area contributed by atoms with Crippen LogP contribution in [0.15, 0.2) is 73.1 Å². The van der Waals surface area contributed by atoms with Crippen LogP contribution < -0.4 is 5.32 Å². The fraction of sp³-hybridized carbons (Fsp3) is 0.0909. The summed E-state index contributed by atoms with van der Waals surface area (Å²) in [4.78, 5) is 13.6. The summed E-state index contributed by atoms with van der Waals surface area (Å²) in [6, 6.07) is 21.5. The minimum Gasteiger partial charge on any atom is -0.363 e. The molecule has 5 nitrogen and oxygen atoms in total. The van der Waals surface area contributed by atoms with E-state index in [2.05, 4.69) is 28.3 Å². The van der Waals surface area contributed by atoms with E-state index < -0.39 is 0 Å². The van der Waals surface area contributed by atoms with Gasteiger partial charge in [-0.05, 0) is 48.9 Å². The number of nitrogens with zero attached hydrogens (tertiary/aromatic N) is 4. The maximum absolute atomic E-state index is 9.14. The molecular formula is C22H17N5. The molecule has 0 bridgehead atoms. The highest BCUT2D eigenvalue weighted by molar-refractivity contribution is 5.90. The van der Waals surface area contributed by atoms with E-state index in [-0.39, 0.29) is 6.04 Å². The Hall–Kier alpha value is -3.78. The lowest BCUT2D eigenvalue weighted by molar-refractivity contribution is 0.876. The number of rotatable bonds is 4. The molecular weight excluding hydrogens is 334 g/mol. The summed E-state index contributed by atoms with van der Waals surface area (Å²) in [5.74, 6) is 1.39. The van der Waals surface area contributed by atoms with Gasteiger partial charge in [-0.1, -0.05) is 24.3 Å². The van der Waals surface area contributed by atoms with Gasteiger partial charge in [0.1, 0.15) is 5.82 Å². The normalized spacial score (nSPS) is 11.7. The molecule has 0 saturated heterocycles. The number of nitrogens with one attached hydrogen (secondary N) is 1. The summed E-state index contributed by atoms with van der Waals surface area (Å²) in [6.07, 6.45) is 3.49. The average Bonchev–Trinajstić information content (AvgIpc) is 2.74. The molecule has 130 valence electrons. The van der Waals surface area contributed by atoms with Crippen LogP contribution in [0.4, 0.5) is 5.82 Å². The molecule has 4 rings (SSSR count). The third kappa shape index (κ3) is 3.46. The molecule has 0 aliphatic heterocycles. The van der Waals surface area contributed by atoms with Crippen LogP contribution in [0.5, 0.6) is 0 Å². The summed E-state index contributed by atoms with van der Waals surface area (Å²) in [6.45, 7) is 2.05. The van der Waals surface area contributed by atoms with Crippen molar-refractivity contribution in [3.63, 3.8) is 0 Å². The van der Waals surface area contributed by atoms with E-state index >= 15 is 0 Å². The Balaban J connectivity index is 1.77. The van der Waals surface area contributed by atoms with Gasteiger partial charge in [0.25, 0.3) is 0 Å². The van der Waals surface area contributed by atoms with Crippen LogP contribution in [0.1, 0.15) is 24.1 Å². The second kappa shape index (κ2) is 7.22. The second-order valence-corrected chi connectivity index (χ2v) is 6.26. The lowest BCUT2D eigenvalue weighted by Crippen LogP contribution is -2.09. The SMILES string of the molecule is CC(Nc1nc(-c2cccnc2)nc2ccccc12)c1cccc(C#N)c1. The first-order valence-electron chi connectivity index (χ1n) is 8.68. The summed E-state index contributed by atoms with van der Waals surface area (Å²) in [5.41, 5.74) is 3.40. The second-order valence-electron chi connectivity index (χ2n) is 6.26. The van der Waals surface area contributed by atoms with Crippen molar-refractivity contribution in [1.29, 1.82) is 5.26 Å². The van der Waals surface area contributed by atoms with Gasteiger partial charge >= 0.3 is 0 Å². The van der Waals surface area contributed by atoms with E-state index in [9.17, 15) is 0 Å². The summed E-state index contributed by atoms with van der Waals surface area (Å²) in [7, 11) is 0. The number of hydrogen-bond acceptors (Lipinski definition) is 5. The van der Waals surface area contributed by atoms with Crippen LogP contribution >= 0.6 is 0 Å². The molecule has 27 heavy (non-hydrogen) atoms. The van der Waals surface area contributed by atoms with Crippen molar-refractivity contribution >= 4 is 16.7 Å². The minimum absolute atomic E-state index is 0.0154. The van der Waals surface area contributed by atoms with Crippen molar-refractivity contribution in [1.82, 2.24) is 15.0 Å². The van der Waals surface area contributed by atoms with Crippen molar-refractivity contribution in [2.24, 2.45) is 0 Å². The number of fused-ring (bicyclic) bond motifs is 1. The largest absolute Gasteiger partial charge is 0.363 e. The van der Waals surface area contributed by atoms with Gasteiger partial charge in [0.2, 0.25) is 0 Å². The van der Waals surface area contributed by atoms with Crippen LogP contribution in [-0.2, 0) is 0 Å². The Morgan fingerprint density at radius 2 is 1.89 bits per heavy atom. The molecule has 4 aromatic rings. The molecule has 2 aromatic carbocycles. The summed E-state index contributed by atoms with van der Waals surface area (Å²) >= 11 is 0. The lowest BCUT2D eigenvalue weighted by atomic mass is 10.1. The van der Waals surface area contributed by atoms with Crippen LogP contribution in [-0.4, -0.2) is 15.0 Å². The summed E-state index contributed by atoms with van der Waals surface area (Å²) < 4.78 is 0. The van der Waals surface area contributed by atoms with Gasteiger partial charge in [0.05, 0.1) is 23.2 Å². The highest BCUT2D eigenvalue weighted by Gasteiger charge is 2.13. The fourth-order valence-corrected chi connectivity index (χ4v) is 2.98. The predicted octanol–water partition coefficient (Wildman–Crippen LogP) is 4.74. The van der Waals surface area contributed by atoms with E-state index in [1.54, 1.807) is 18.5 Å². The van der Waals surface area contributed by atoms with E-state index in [1.807, 2.05) is 54.6 Å². The summed E-state index contributed by atoms with van der Waals surface area (Å²) in [5, 5.41) is 13.6. The highest BCUT2D eigenvalue weighted by Crippen LogP contribution is 2.27. The van der Waals surface area contributed by atoms with Gasteiger partial charge in [-0.25, -0.2) is 9.97 Å². The van der Waals surface area contributed by atoms with E-state index in [0.29, 0.717) is 11.4 Å². The van der Waals surface area contributed by atoms with Gasteiger partial charge in [-0.2, -0.15) is 5.26 Å². The molecule has 0 aliphatic rings. The molecule has 1 N–H and O–H groups in total. The molecule has 0 spiro atoms. The Labute approximate surface area is 157 Å². The standard InChI is InChI=1S/C22H17N5/c1-15(17-7-4-6-16(12-17)13-23)25-22-19-9-2-3-10-20(19)26-21(27-22)18-8-5-11-24-14-18/h2-12,14-15H,1H3,(H,25,26,27). The van der Waals surface area contributed by atoms with Crippen LogP contribution in [0.3, 0.4) is 0 Å². The maximum Gasteiger partial charge on any atom is 0.163 e. The Kier molecular flexibility index (Phi) is 4.46. The molecule has 1 atom stereocenters. The van der Waals surface area contributed by atoms with Crippen LogP contribution in [0.2, 0.25) is 0 Å². The van der Waals surface area contributed by atoms with Gasteiger partial charge in [-0.15, -0.1) is 0 Å². The van der Waals surface area contributed by atoms with Crippen molar-refractivity contribution in [2.75, 3.05) is 5.32 Å². The first-order chi connectivity index (χ1) is 13.2. The molecule has 0 aliphatic carbocycles. The Morgan fingerprint density at radius 1 is 1.00 bits per heavy atom. The number of hydrogen-bond donors (Lipinski definition) is 1. The zero-order chi connectivity index (χ0) is 18.6. The third-order valence-corrected chi connectivity index (χ3v) is 4.39. The quantitative estimate of drug-likeness (QED) is 0.575. The number of nitriles is 1. The molecule has 0 fully saturated rings. The molecule has 0 amide bonds. The molecule has 2 aromatic heterocycles. The van der Waals surface area contributed by atoms with Crippen molar-refractivity contribution < 1.29 is 0 Å². The Bertz CT molecular complexity index is 1130. The van der Waals surface area contributed by atoms with Gasteiger partial charge in [0, 0.05) is 23.3 Å². The average molecular weight is 351 g/mol. The molecule has 0 radical (unpaired) electrons. The molecule has 2 heterocycles. The predicted molar refractivity (Wildman–Crippen MR) is 106 cm³/mol. The highest BCUT2D eigenvalue weighted by atomic mass is 15.1. The topological polar surface area (TPSA) is 74.5 Å². The lowest BCUT2D eigenvalue weighted by Gasteiger charge is -2.17. The van der Waals surface area contributed by atoms with E-state index in [0.717, 1.165) is 27.8 Å². The minimum atomic E-state index is -0.0154. The molecule has 0 saturated carbocycles. The zero-order valence-electron chi connectivity index (χ0n) is 14.8. The molecule has 5 heteroatoms. The van der Waals surface area contributed by atoms with Crippen LogP contribution in [0, 0.1) is 11.3 Å². The van der Waals surface area contributed by atoms with E-state index in [4.69, 9.17) is 10.2 Å².